The number of pyridine rings is 2. The van der Waals surface area contributed by atoms with Gasteiger partial charge in [0.2, 0.25) is 0 Å². The lowest BCUT2D eigenvalue weighted by Gasteiger charge is -2.35. The van der Waals surface area contributed by atoms with Gasteiger partial charge in [-0.2, -0.15) is 0 Å². The minimum absolute atomic E-state index is 0.0782. The van der Waals surface area contributed by atoms with Gasteiger partial charge in [0.1, 0.15) is 16.8 Å². The van der Waals surface area contributed by atoms with Crippen molar-refractivity contribution in [3.8, 4) is 0 Å². The Morgan fingerprint density at radius 1 is 1.06 bits per heavy atom. The third-order valence-corrected chi connectivity index (χ3v) is 6.39. The molecule has 0 radical (unpaired) electrons. The molecule has 1 aliphatic heterocycles. The van der Waals surface area contributed by atoms with Gasteiger partial charge in [0.05, 0.1) is 17.5 Å². The monoisotopic (exact) mass is 441 g/mol. The van der Waals surface area contributed by atoms with Crippen molar-refractivity contribution >= 4 is 22.6 Å². The molecule has 5 rings (SSSR count). The lowest BCUT2D eigenvalue weighted by atomic mass is 9.91. The van der Waals surface area contributed by atoms with Crippen molar-refractivity contribution in [2.24, 2.45) is 11.8 Å². The van der Waals surface area contributed by atoms with Crippen LogP contribution in [0, 0.1) is 17.2 Å². The molecule has 1 amide bonds. The van der Waals surface area contributed by atoms with E-state index in [9.17, 15) is 9.59 Å². The number of likely N-dealkylation sites (tertiary alicyclic amines) is 1. The zero-order valence-electron chi connectivity index (χ0n) is 18.9. The van der Waals surface area contributed by atoms with Gasteiger partial charge in [-0.05, 0) is 42.0 Å². The van der Waals surface area contributed by atoms with Crippen LogP contribution in [0.25, 0.3) is 16.7 Å². The lowest BCUT2D eigenvalue weighted by molar-refractivity contribution is 0.0620. The largest absolute Gasteiger partial charge is 0.338 e. The second kappa shape index (κ2) is 8.31. The zero-order valence-corrected chi connectivity index (χ0v) is 18.9. The van der Waals surface area contributed by atoms with Gasteiger partial charge in [0, 0.05) is 19.3 Å². The number of nitrogens with one attached hydrogen (secondary N) is 1. The van der Waals surface area contributed by atoms with Gasteiger partial charge in [-0.15, -0.1) is 0 Å². The van der Waals surface area contributed by atoms with Crippen LogP contribution in [0.2, 0.25) is 0 Å². The van der Waals surface area contributed by atoms with Crippen molar-refractivity contribution in [3.63, 3.8) is 0 Å². The van der Waals surface area contributed by atoms with Gasteiger partial charge < -0.3 is 9.47 Å². The van der Waals surface area contributed by atoms with Gasteiger partial charge in [-0.1, -0.05) is 50.2 Å². The van der Waals surface area contributed by atoms with E-state index in [4.69, 9.17) is 10.4 Å². The Balaban J connectivity index is 1.75. The molecule has 7 heteroatoms. The highest BCUT2D eigenvalue weighted by Gasteiger charge is 2.28. The summed E-state index contributed by atoms with van der Waals surface area (Å²) in [6, 6.07) is 16.7. The van der Waals surface area contributed by atoms with Gasteiger partial charge >= 0.3 is 0 Å². The number of nitrogens with zero attached hydrogens (tertiary/aromatic N) is 4. The van der Waals surface area contributed by atoms with Crippen LogP contribution in [0.15, 0.2) is 65.6 Å². The summed E-state index contributed by atoms with van der Waals surface area (Å²) in [5.74, 6) is 0.611. The number of hydrogen-bond donors (Lipinski definition) is 1. The maximum Gasteiger partial charge on any atom is 0.267 e. The van der Waals surface area contributed by atoms with E-state index in [0.29, 0.717) is 48.2 Å². The Bertz CT molecular complexity index is 1460. The quantitative estimate of drug-likeness (QED) is 0.495. The minimum atomic E-state index is -0.244. The number of rotatable bonds is 3. The predicted molar refractivity (Wildman–Crippen MR) is 127 cm³/mol. The Morgan fingerprint density at radius 2 is 1.76 bits per heavy atom. The molecule has 1 fully saturated rings. The molecule has 1 aromatic carbocycles. The molecule has 4 heterocycles. The highest BCUT2D eigenvalue weighted by Crippen LogP contribution is 2.22. The average molecular weight is 442 g/mol. The maximum absolute atomic E-state index is 13.6. The van der Waals surface area contributed by atoms with Crippen LogP contribution in [0.3, 0.4) is 0 Å². The molecule has 168 valence electrons. The number of carbonyl (C=O) groups excluding carboxylic acids is 1. The molecule has 0 spiro atoms. The van der Waals surface area contributed by atoms with Crippen LogP contribution < -0.4 is 11.0 Å². The second-order valence-electron chi connectivity index (χ2n) is 9.22. The SMILES string of the molecule is CC1CC(C)CN(C(=O)c2cc3c(=O)n4ccccc4nc3n(Cc3ccccc3)c2=N)C1. The standard InChI is InChI=1S/C26H27N5O2/c1-17-12-18(2)15-29(14-17)25(32)20-13-21-24(28-22-10-6-7-11-30(22)26(21)33)31(23(20)27)16-19-8-4-3-5-9-19/h3-11,13,17-18,27H,12,14-16H2,1-2H3. The first-order valence-corrected chi connectivity index (χ1v) is 11.3. The molecule has 0 saturated carbocycles. The van der Waals surface area contributed by atoms with Crippen LogP contribution in [0.1, 0.15) is 36.2 Å². The normalized spacial score (nSPS) is 18.7. The Hall–Kier alpha value is -3.74. The van der Waals surface area contributed by atoms with Crippen molar-refractivity contribution in [3.05, 3.63) is 87.8 Å². The predicted octanol–water partition coefficient (Wildman–Crippen LogP) is 3.30. The van der Waals surface area contributed by atoms with E-state index in [-0.39, 0.29) is 22.5 Å². The Morgan fingerprint density at radius 3 is 2.48 bits per heavy atom. The molecule has 0 aliphatic carbocycles. The molecule has 7 nitrogen and oxygen atoms in total. The summed E-state index contributed by atoms with van der Waals surface area (Å²) in [5.41, 5.74) is 1.97. The number of carbonyl (C=O) groups is 1. The number of hydrogen-bond acceptors (Lipinski definition) is 4. The lowest BCUT2D eigenvalue weighted by Crippen LogP contribution is -2.45. The molecular formula is C26H27N5O2. The fourth-order valence-corrected chi connectivity index (χ4v) is 4.97. The van der Waals surface area contributed by atoms with E-state index in [1.165, 1.54) is 4.40 Å². The second-order valence-corrected chi connectivity index (χ2v) is 9.22. The Kier molecular flexibility index (Phi) is 5.32. The minimum Gasteiger partial charge on any atom is -0.338 e. The zero-order chi connectivity index (χ0) is 23.1. The average Bonchev–Trinajstić information content (AvgIpc) is 2.81. The van der Waals surface area contributed by atoms with Crippen LogP contribution in [0.4, 0.5) is 0 Å². The number of amides is 1. The number of aromatic nitrogens is 3. The number of benzene rings is 1. The molecular weight excluding hydrogens is 414 g/mol. The summed E-state index contributed by atoms with van der Waals surface area (Å²) >= 11 is 0. The van der Waals surface area contributed by atoms with Gasteiger partial charge in [0.25, 0.3) is 11.5 Å². The maximum atomic E-state index is 13.6. The highest BCUT2D eigenvalue weighted by atomic mass is 16.2. The topological polar surface area (TPSA) is 83.5 Å². The van der Waals surface area contributed by atoms with E-state index in [2.05, 4.69) is 13.8 Å². The van der Waals surface area contributed by atoms with E-state index in [1.807, 2.05) is 41.3 Å². The Labute approximate surface area is 191 Å². The molecule has 1 aliphatic rings. The van der Waals surface area contributed by atoms with Crippen molar-refractivity contribution in [2.45, 2.75) is 26.8 Å². The van der Waals surface area contributed by atoms with Crippen LogP contribution >= 0.6 is 0 Å². The summed E-state index contributed by atoms with van der Waals surface area (Å²) < 4.78 is 3.17. The van der Waals surface area contributed by atoms with E-state index in [0.717, 1.165) is 12.0 Å². The number of fused-ring (bicyclic) bond motifs is 2. The highest BCUT2D eigenvalue weighted by molar-refractivity contribution is 5.97. The molecule has 4 aromatic rings. The third kappa shape index (κ3) is 3.84. The fraction of sp³-hybridized carbons (Fsp3) is 0.308. The molecule has 1 N–H and O–H groups in total. The van der Waals surface area contributed by atoms with Crippen molar-refractivity contribution in [2.75, 3.05) is 13.1 Å². The molecule has 0 bridgehead atoms. The van der Waals surface area contributed by atoms with Crippen LogP contribution in [0.5, 0.6) is 0 Å². The number of piperidine rings is 1. The molecule has 2 unspecified atom stereocenters. The van der Waals surface area contributed by atoms with E-state index < -0.39 is 0 Å². The summed E-state index contributed by atoms with van der Waals surface area (Å²) in [6.07, 6.45) is 2.76. The third-order valence-electron chi connectivity index (χ3n) is 6.39. The molecule has 3 aromatic heterocycles. The van der Waals surface area contributed by atoms with Crippen molar-refractivity contribution < 1.29 is 4.79 Å². The molecule has 1 saturated heterocycles. The first-order valence-electron chi connectivity index (χ1n) is 11.3. The van der Waals surface area contributed by atoms with Crippen molar-refractivity contribution in [1.29, 1.82) is 5.41 Å². The summed E-state index contributed by atoms with van der Waals surface area (Å²) in [7, 11) is 0. The van der Waals surface area contributed by atoms with E-state index in [1.54, 1.807) is 29.0 Å². The fourth-order valence-electron chi connectivity index (χ4n) is 4.97. The van der Waals surface area contributed by atoms with Crippen LogP contribution in [-0.2, 0) is 6.54 Å². The summed E-state index contributed by atoms with van der Waals surface area (Å²) in [4.78, 5) is 33.5. The smallest absolute Gasteiger partial charge is 0.267 e. The molecule has 33 heavy (non-hydrogen) atoms. The molecule has 2 atom stereocenters. The van der Waals surface area contributed by atoms with Gasteiger partial charge in [0.15, 0.2) is 0 Å². The van der Waals surface area contributed by atoms with Crippen LogP contribution in [-0.4, -0.2) is 37.8 Å². The van der Waals surface area contributed by atoms with E-state index >= 15 is 0 Å². The van der Waals surface area contributed by atoms with Crippen molar-refractivity contribution in [1.82, 2.24) is 18.9 Å². The van der Waals surface area contributed by atoms with Gasteiger partial charge in [-0.3, -0.25) is 19.4 Å². The summed E-state index contributed by atoms with van der Waals surface area (Å²) in [6.45, 7) is 5.97. The first kappa shape index (κ1) is 21.1. The van der Waals surface area contributed by atoms with Gasteiger partial charge in [-0.25, -0.2) is 4.98 Å². The first-order chi connectivity index (χ1) is 15.9. The summed E-state index contributed by atoms with van der Waals surface area (Å²) in [5, 5.41) is 9.31.